The number of thioether (sulfide) groups is 5. The summed E-state index contributed by atoms with van der Waals surface area (Å²) in [5, 5.41) is 33.3. The largest absolute Gasteiger partial charge is 0.375 e. The van der Waals surface area contributed by atoms with Gasteiger partial charge in [-0.05, 0) is 107 Å². The maximum absolute atomic E-state index is 10.5. The number of nitro benzene ring substituents is 1. The zero-order valence-electron chi connectivity index (χ0n) is 55.8. The number of nitrogens with zero attached hydrogens (tertiary/aromatic N) is 17. The Hall–Kier alpha value is -6.74. The number of thiazole rings is 5. The summed E-state index contributed by atoms with van der Waals surface area (Å²) >= 11 is 29.9. The molecular weight excluding hydrogens is 1620 g/mol. The fraction of sp³-hybridized carbons (Fsp3) is 0.338. The number of carbonyl (C=O) groups excluding carboxylic acids is 1. The van der Waals surface area contributed by atoms with Crippen LogP contribution < -0.4 is 33.2 Å². The van der Waals surface area contributed by atoms with Gasteiger partial charge in [0.2, 0.25) is 0 Å². The zero-order valence-corrected chi connectivity index (χ0v) is 67.1. The number of nitriles is 1. The zero-order chi connectivity index (χ0) is 73.6. The van der Waals surface area contributed by atoms with Crippen molar-refractivity contribution >= 4 is 186 Å². The van der Waals surface area contributed by atoms with Gasteiger partial charge in [0.05, 0.1) is 62.8 Å². The smallest absolute Gasteiger partial charge is 0.269 e. The highest BCUT2D eigenvalue weighted by atomic mass is 79.9. The number of aromatic nitrogens is 15. The summed E-state index contributed by atoms with van der Waals surface area (Å²) in [5.41, 5.74) is 22.1. The molecule has 1 atom stereocenters. The molecule has 3 aliphatic rings. The SMILES string of the molecule is Brc1ncc(SCc2cncnc2)s1.ClCc1cncnc1.N#CSc1cnc(N)s1.NC1CCCCC1.Nc1ncc(SCc2cncnc2)s1.O=C(Cl)c1ccc([N+](=O)[O-])cc1.c1ncc(CSc2cnc(NC3CCCCC3)s2)cn1.c1ncc(CSc2cnc(N[C@@H]3CCCNC3)s2)cn1. The van der Waals surface area contributed by atoms with Crippen molar-refractivity contribution in [3.8, 4) is 5.40 Å². The molecule has 10 aromatic heterocycles. The molecule has 3 fully saturated rings. The molecule has 0 amide bonds. The lowest BCUT2D eigenvalue weighted by molar-refractivity contribution is -0.384. The van der Waals surface area contributed by atoms with Crippen LogP contribution in [0, 0.1) is 20.8 Å². The molecule has 1 aromatic carbocycles. The molecule has 0 unspecified atom stereocenters. The second kappa shape index (κ2) is 50.7. The van der Waals surface area contributed by atoms with Gasteiger partial charge < -0.3 is 33.2 Å². The van der Waals surface area contributed by atoms with E-state index in [1.807, 2.05) is 73.6 Å². The van der Waals surface area contributed by atoms with Crippen LogP contribution >= 0.6 is 155 Å². The number of nitrogens with one attached hydrogen (secondary N) is 3. The third kappa shape index (κ3) is 36.0. The third-order valence-corrected chi connectivity index (χ3v) is 25.1. The number of nitro groups is 1. The van der Waals surface area contributed by atoms with Crippen molar-refractivity contribution in [2.45, 2.75) is 145 Å². The Balaban J connectivity index is 0.000000170. The number of piperidine rings is 1. The van der Waals surface area contributed by atoms with Gasteiger partial charge in [-0.25, -0.2) is 74.8 Å². The van der Waals surface area contributed by atoms with Crippen LogP contribution in [-0.4, -0.2) is 116 Å². The monoisotopic (exact) mass is 1690 g/mol. The summed E-state index contributed by atoms with van der Waals surface area (Å²) in [6.07, 6.45) is 50.7. The summed E-state index contributed by atoms with van der Waals surface area (Å²) in [4.78, 5) is 80.3. The van der Waals surface area contributed by atoms with Crippen LogP contribution in [0.1, 0.15) is 115 Å². The lowest BCUT2D eigenvalue weighted by atomic mass is 9.96. The fourth-order valence-corrected chi connectivity index (χ4v) is 18.2. The van der Waals surface area contributed by atoms with Crippen molar-refractivity contribution < 1.29 is 9.72 Å². The number of non-ortho nitro benzene ring substituents is 1. The van der Waals surface area contributed by atoms with E-state index in [4.69, 9.17) is 45.7 Å². The van der Waals surface area contributed by atoms with Crippen LogP contribution in [0.15, 0.2) is 174 Å². The maximum atomic E-state index is 10.5. The van der Waals surface area contributed by atoms with Crippen molar-refractivity contribution in [1.82, 2.24) is 80.1 Å². The van der Waals surface area contributed by atoms with E-state index in [2.05, 4.69) is 107 Å². The second-order valence-electron chi connectivity index (χ2n) is 21.8. The van der Waals surface area contributed by atoms with E-state index in [0.717, 1.165) is 98.3 Å². The average Bonchev–Trinajstić information content (AvgIpc) is 1.74. The third-order valence-electron chi connectivity index (χ3n) is 13.8. The first kappa shape index (κ1) is 84.5. The van der Waals surface area contributed by atoms with Crippen LogP contribution in [0.4, 0.5) is 26.2 Å². The minimum Gasteiger partial charge on any atom is -0.375 e. The normalized spacial score (nSPS) is 13.8. The van der Waals surface area contributed by atoms with Crippen LogP contribution in [0.25, 0.3) is 0 Å². The van der Waals surface area contributed by atoms with Crippen LogP contribution in [0.2, 0.25) is 0 Å². The Labute approximate surface area is 662 Å². The summed E-state index contributed by atoms with van der Waals surface area (Å²) in [7, 11) is 0. The van der Waals surface area contributed by atoms with Crippen molar-refractivity contribution in [3.63, 3.8) is 0 Å². The van der Waals surface area contributed by atoms with E-state index in [1.54, 1.807) is 118 Å². The first-order chi connectivity index (χ1) is 50.7. The van der Waals surface area contributed by atoms with E-state index in [-0.39, 0.29) is 11.3 Å². The molecule has 11 heterocycles. The Bertz CT molecular complexity index is 3940. The van der Waals surface area contributed by atoms with Crippen LogP contribution in [0.5, 0.6) is 0 Å². The van der Waals surface area contributed by atoms with E-state index in [0.29, 0.717) is 34.3 Å². The number of alkyl halides is 1. The Morgan fingerprint density at radius 2 is 0.923 bits per heavy atom. The molecule has 1 saturated heterocycles. The van der Waals surface area contributed by atoms with Crippen molar-refractivity contribution in [2.24, 2.45) is 5.73 Å². The Morgan fingerprint density at radius 3 is 1.27 bits per heavy atom. The van der Waals surface area contributed by atoms with Gasteiger partial charge in [0, 0.05) is 145 Å². The molecule has 548 valence electrons. The molecule has 26 nitrogen and oxygen atoms in total. The molecule has 14 rings (SSSR count). The van der Waals surface area contributed by atoms with Gasteiger partial charge in [0.1, 0.15) is 37.0 Å². The molecular formula is C65H74BrCl2N23O3S10. The molecule has 2 aliphatic carbocycles. The molecule has 39 heteroatoms. The molecule has 0 bridgehead atoms. The number of benzene rings is 1. The van der Waals surface area contributed by atoms with Gasteiger partial charge in [-0.15, -0.1) is 70.0 Å². The van der Waals surface area contributed by atoms with Gasteiger partial charge in [0.25, 0.3) is 10.9 Å². The molecule has 2 saturated carbocycles. The van der Waals surface area contributed by atoms with Crippen molar-refractivity contribution in [3.05, 3.63) is 196 Å². The second-order valence-corrected chi connectivity index (χ2v) is 35.1. The topological polar surface area (TPSA) is 391 Å². The maximum Gasteiger partial charge on any atom is 0.269 e. The molecule has 1 aliphatic heterocycles. The van der Waals surface area contributed by atoms with E-state index in [9.17, 15) is 14.9 Å². The summed E-state index contributed by atoms with van der Waals surface area (Å²) < 4.78 is 6.54. The number of nitrogens with two attached hydrogens (primary N) is 3. The highest BCUT2D eigenvalue weighted by Crippen LogP contribution is 2.35. The van der Waals surface area contributed by atoms with E-state index < -0.39 is 10.2 Å². The molecule has 9 N–H and O–H groups in total. The fourth-order valence-electron chi connectivity index (χ4n) is 8.85. The highest BCUT2D eigenvalue weighted by molar-refractivity contribution is 9.11. The predicted molar refractivity (Wildman–Crippen MR) is 431 cm³/mol. The first-order valence-electron chi connectivity index (χ1n) is 32.0. The Morgan fingerprint density at radius 1 is 0.538 bits per heavy atom. The van der Waals surface area contributed by atoms with Gasteiger partial charge in [-0.1, -0.05) is 83.9 Å². The van der Waals surface area contributed by atoms with E-state index in [1.165, 1.54) is 156 Å². The number of halogens is 3. The standard InChI is InChI=1S/C14H18N4S2.C13H17N5S2.C8H6BrN3S2.C8H8N4S2.C7H4ClNO3.C6H13N.C5H5ClN2.C4H3N3S2/c1-2-4-12(5-3-1)18-14-17-8-13(20-14)19-9-11-6-15-10-16-7-11;1-2-11(6-14-3-1)18-13-17-7-12(20-13)19-8-10-4-15-9-16-5-10;2*9-8-12-3-7(14-8)13-4-6-1-10-5-11-2-6;8-7(10)5-1-3-6(4-2-5)9(11)12;7-6-4-2-1-3-5-6;6-1-5-2-7-4-8-3-5;5-2-8-3-1-7-4(6)9-3/h6-8,10,12H,1-5,9H2,(H,17,18);4-5,7,9,11,14H,1-3,6,8H2,(H,17,18);1-3,5H,4H2;1-3,5H,4H2,(H2,9,12);1-4H;6H,1-5,7H2;2-4H,1H2;1H,(H2,6,7)/t;11-;;;;;;/m.1....../s1. The quantitative estimate of drug-likeness (QED) is 0.0103. The number of nitrogen functional groups attached to an aromatic ring is 2. The summed E-state index contributed by atoms with van der Waals surface area (Å²) in [6, 6.07) is 6.76. The average molecular weight is 1700 g/mol. The summed E-state index contributed by atoms with van der Waals surface area (Å²) in [6.45, 7) is 2.17. The molecule has 0 spiro atoms. The summed E-state index contributed by atoms with van der Waals surface area (Å²) in [5.74, 6) is 4.00. The number of anilines is 4. The number of carbonyl (C=O) groups is 1. The number of hydrogen-bond donors (Lipinski definition) is 6. The lowest BCUT2D eigenvalue weighted by Crippen LogP contribution is -2.38. The van der Waals surface area contributed by atoms with Crippen molar-refractivity contribution in [1.29, 1.82) is 5.26 Å². The number of hydrogen-bond acceptors (Lipinski definition) is 35. The van der Waals surface area contributed by atoms with Gasteiger partial charge in [0.15, 0.2) is 24.4 Å². The van der Waals surface area contributed by atoms with Crippen LogP contribution in [-0.2, 0) is 28.9 Å². The van der Waals surface area contributed by atoms with Gasteiger partial charge in [-0.2, -0.15) is 5.26 Å². The highest BCUT2D eigenvalue weighted by Gasteiger charge is 2.17. The van der Waals surface area contributed by atoms with Gasteiger partial charge >= 0.3 is 0 Å². The lowest BCUT2D eigenvalue weighted by Gasteiger charge is -2.23. The van der Waals surface area contributed by atoms with Gasteiger partial charge in [-0.3, -0.25) is 14.9 Å². The molecule has 104 heavy (non-hydrogen) atoms. The number of rotatable bonds is 20. The number of thiocyanates is 1. The minimum atomic E-state index is -0.620. The van der Waals surface area contributed by atoms with E-state index >= 15 is 0 Å². The first-order valence-corrected chi connectivity index (χ1v) is 42.5. The molecule has 0 radical (unpaired) electrons. The van der Waals surface area contributed by atoms with Crippen LogP contribution in [0.3, 0.4) is 0 Å². The minimum absolute atomic E-state index is 0.0586. The van der Waals surface area contributed by atoms with Crippen molar-refractivity contribution in [2.75, 3.05) is 35.2 Å². The Kier molecular flexibility index (Phi) is 41.2. The predicted octanol–water partition coefficient (Wildman–Crippen LogP) is 16.9. The molecule has 11 aromatic rings.